The summed E-state index contributed by atoms with van der Waals surface area (Å²) < 4.78 is 2.61. The predicted molar refractivity (Wildman–Crippen MR) is 110 cm³/mol. The Bertz CT molecular complexity index is 1070. The molecule has 0 aliphatic carbocycles. The molecule has 0 spiro atoms. The van der Waals surface area contributed by atoms with Crippen molar-refractivity contribution in [3.05, 3.63) is 68.8 Å². The average Bonchev–Trinajstić information content (AvgIpc) is 3.21. The standard InChI is InChI=1S/C9H7ClS.C8H5ClS.2CO2.K.H2O/c1-6-4-7-5-8(10)2-3-9(7)11-6;9-7-1-2-8-6(5-7)3-4-10-8;2*2-1-3;;/h2-5H,1H3;1-5H;;;;1H2/q;;;;+1;/p-1. The summed E-state index contributed by atoms with van der Waals surface area (Å²) in [4.78, 5) is 33.8. The maximum absolute atomic E-state index is 8.12. The maximum Gasteiger partial charge on any atom is 1.00 e. The number of aryl methyl sites for hydroxylation is 1. The Hall–Kier alpha value is -0.704. The second-order valence-corrected chi connectivity index (χ2v) is 7.92. The molecular formula is C19H13Cl2KO5S2. The molecule has 0 atom stereocenters. The summed E-state index contributed by atoms with van der Waals surface area (Å²) in [5.41, 5.74) is 0. The van der Waals surface area contributed by atoms with Gasteiger partial charge >= 0.3 is 63.7 Å². The fourth-order valence-electron chi connectivity index (χ4n) is 2.08. The molecule has 0 aliphatic rings. The van der Waals surface area contributed by atoms with E-state index in [-0.39, 0.29) is 69.2 Å². The molecule has 10 heteroatoms. The molecule has 146 valence electrons. The summed E-state index contributed by atoms with van der Waals surface area (Å²) in [5, 5.41) is 6.18. The van der Waals surface area contributed by atoms with Crippen LogP contribution in [0.15, 0.2) is 53.9 Å². The van der Waals surface area contributed by atoms with Crippen molar-refractivity contribution in [2.24, 2.45) is 0 Å². The quantitative estimate of drug-likeness (QED) is 0.349. The van der Waals surface area contributed by atoms with Crippen LogP contribution in [0.3, 0.4) is 0 Å². The van der Waals surface area contributed by atoms with Crippen LogP contribution in [0.1, 0.15) is 4.88 Å². The molecule has 0 amide bonds. The van der Waals surface area contributed by atoms with Crippen molar-refractivity contribution in [2.75, 3.05) is 0 Å². The Labute approximate surface area is 227 Å². The molecule has 4 aromatic rings. The van der Waals surface area contributed by atoms with E-state index in [1.54, 1.807) is 22.7 Å². The van der Waals surface area contributed by atoms with Gasteiger partial charge in [-0.3, -0.25) is 0 Å². The van der Waals surface area contributed by atoms with Crippen molar-refractivity contribution in [3.8, 4) is 0 Å². The summed E-state index contributed by atoms with van der Waals surface area (Å²) in [6, 6.07) is 16.2. The third-order valence-corrected chi connectivity index (χ3v) is 5.42. The van der Waals surface area contributed by atoms with Crippen molar-refractivity contribution >= 4 is 78.4 Å². The molecule has 4 rings (SSSR count). The van der Waals surface area contributed by atoms with Crippen LogP contribution in [-0.4, -0.2) is 17.8 Å². The van der Waals surface area contributed by atoms with E-state index in [2.05, 4.69) is 30.5 Å². The van der Waals surface area contributed by atoms with Crippen LogP contribution in [-0.2, 0) is 19.2 Å². The smallest absolute Gasteiger partial charge is 0.870 e. The second kappa shape index (κ2) is 17.0. The van der Waals surface area contributed by atoms with Gasteiger partial charge in [-0.15, -0.1) is 22.7 Å². The summed E-state index contributed by atoms with van der Waals surface area (Å²) in [6.45, 7) is 2.11. The third kappa shape index (κ3) is 11.3. The van der Waals surface area contributed by atoms with Crippen LogP contribution in [0.2, 0.25) is 10.0 Å². The minimum atomic E-state index is 0. The van der Waals surface area contributed by atoms with Crippen molar-refractivity contribution in [2.45, 2.75) is 6.92 Å². The van der Waals surface area contributed by atoms with Gasteiger partial charge in [0, 0.05) is 24.3 Å². The van der Waals surface area contributed by atoms with E-state index in [9.17, 15) is 0 Å². The molecule has 0 bridgehead atoms. The average molecular weight is 495 g/mol. The third-order valence-electron chi connectivity index (χ3n) is 3.02. The van der Waals surface area contributed by atoms with Crippen LogP contribution in [0.25, 0.3) is 20.2 Å². The number of benzene rings is 2. The van der Waals surface area contributed by atoms with Gasteiger partial charge < -0.3 is 5.48 Å². The number of hydrogen-bond acceptors (Lipinski definition) is 7. The molecule has 29 heavy (non-hydrogen) atoms. The first-order chi connectivity index (χ1) is 12.9. The first kappa shape index (κ1) is 30.5. The van der Waals surface area contributed by atoms with E-state index in [4.69, 9.17) is 42.4 Å². The minimum absolute atomic E-state index is 0. The summed E-state index contributed by atoms with van der Waals surface area (Å²) in [5.74, 6) is 0. The van der Waals surface area contributed by atoms with E-state index in [1.165, 1.54) is 25.0 Å². The second-order valence-electron chi connectivity index (χ2n) is 4.81. The Morgan fingerprint density at radius 3 is 1.79 bits per heavy atom. The topological polar surface area (TPSA) is 98.3 Å². The molecule has 0 saturated heterocycles. The zero-order valence-electron chi connectivity index (χ0n) is 15.3. The number of fused-ring (bicyclic) bond motifs is 2. The molecule has 1 N–H and O–H groups in total. The van der Waals surface area contributed by atoms with Crippen LogP contribution in [0, 0.1) is 6.92 Å². The van der Waals surface area contributed by atoms with E-state index in [0.717, 1.165) is 10.0 Å². The van der Waals surface area contributed by atoms with Crippen LogP contribution in [0.4, 0.5) is 0 Å². The Balaban J connectivity index is 0. The van der Waals surface area contributed by atoms with Gasteiger partial charge in [0.2, 0.25) is 0 Å². The predicted octanol–water partition coefficient (Wildman–Crippen LogP) is 3.08. The fourth-order valence-corrected chi connectivity index (χ4v) is 4.12. The number of hydrogen-bond donors (Lipinski definition) is 0. The summed E-state index contributed by atoms with van der Waals surface area (Å²) in [7, 11) is 0. The van der Waals surface area contributed by atoms with Gasteiger partial charge in [-0.25, -0.2) is 0 Å². The maximum atomic E-state index is 8.12. The van der Waals surface area contributed by atoms with E-state index < -0.39 is 0 Å². The van der Waals surface area contributed by atoms with E-state index in [0.29, 0.717) is 0 Å². The number of rotatable bonds is 0. The molecule has 2 aromatic carbocycles. The van der Waals surface area contributed by atoms with Gasteiger partial charge in [0.15, 0.2) is 0 Å². The summed E-state index contributed by atoms with van der Waals surface area (Å²) >= 11 is 15.2. The monoisotopic (exact) mass is 494 g/mol. The van der Waals surface area contributed by atoms with Gasteiger partial charge in [-0.1, -0.05) is 23.2 Å². The Morgan fingerprint density at radius 1 is 0.759 bits per heavy atom. The fraction of sp³-hybridized carbons (Fsp3) is 0.0526. The summed E-state index contributed by atoms with van der Waals surface area (Å²) in [6.07, 6.45) is 0.500. The van der Waals surface area contributed by atoms with Crippen LogP contribution < -0.4 is 51.4 Å². The largest absolute Gasteiger partial charge is 1.00 e. The number of thiophene rings is 2. The molecule has 0 fully saturated rings. The van der Waals surface area contributed by atoms with E-state index in [1.807, 2.05) is 30.3 Å². The van der Waals surface area contributed by atoms with Gasteiger partial charge in [0.05, 0.1) is 0 Å². The zero-order valence-corrected chi connectivity index (χ0v) is 21.6. The number of carbonyl (C=O) groups excluding carboxylic acids is 4. The molecule has 2 heterocycles. The normalized spacial score (nSPS) is 8.24. The van der Waals surface area contributed by atoms with Gasteiger partial charge in [0.1, 0.15) is 0 Å². The molecule has 5 nitrogen and oxygen atoms in total. The molecule has 0 radical (unpaired) electrons. The van der Waals surface area contributed by atoms with Crippen LogP contribution in [0.5, 0.6) is 0 Å². The van der Waals surface area contributed by atoms with Crippen molar-refractivity contribution in [1.29, 1.82) is 0 Å². The van der Waals surface area contributed by atoms with Crippen molar-refractivity contribution in [3.63, 3.8) is 0 Å². The van der Waals surface area contributed by atoms with Crippen molar-refractivity contribution in [1.82, 2.24) is 0 Å². The Morgan fingerprint density at radius 2 is 1.24 bits per heavy atom. The van der Waals surface area contributed by atoms with Gasteiger partial charge in [-0.2, -0.15) is 19.2 Å². The molecule has 0 saturated carbocycles. The molecule has 2 aromatic heterocycles. The van der Waals surface area contributed by atoms with Crippen molar-refractivity contribution < 1.29 is 76.0 Å². The zero-order chi connectivity index (χ0) is 20.2. The SMILES string of the molecule is Cc1cc2cc(Cl)ccc2s1.Clc1ccc2sccc2c1.O=C=O.O=C=O.[K+].[OH-]. The molecular weight excluding hydrogens is 482 g/mol. The number of halogens is 2. The Kier molecular flexibility index (Phi) is 17.9. The van der Waals surface area contributed by atoms with Gasteiger partial charge in [0.25, 0.3) is 0 Å². The molecule has 0 aliphatic heterocycles. The first-order valence-electron chi connectivity index (χ1n) is 7.22. The molecule has 0 unspecified atom stereocenters. The first-order valence-corrected chi connectivity index (χ1v) is 9.67. The van der Waals surface area contributed by atoms with E-state index >= 15 is 0 Å². The van der Waals surface area contributed by atoms with Crippen LogP contribution >= 0.6 is 45.9 Å². The minimum Gasteiger partial charge on any atom is -0.870 e. The van der Waals surface area contributed by atoms with Gasteiger partial charge in [-0.05, 0) is 71.6 Å².